The highest BCUT2D eigenvalue weighted by atomic mass is 35.5. The van der Waals surface area contributed by atoms with E-state index in [2.05, 4.69) is 0 Å². The second-order valence-electron chi connectivity index (χ2n) is 2.36. The Morgan fingerprint density at radius 3 is 2.00 bits per heavy atom. The first-order chi connectivity index (χ1) is 5.70. The normalized spacial score (nSPS) is 10.6. The van der Waals surface area contributed by atoms with Gasteiger partial charge in [-0.2, -0.15) is 0 Å². The molecule has 0 fully saturated rings. The zero-order valence-electron chi connectivity index (χ0n) is 6.80. The molecular weight excluding hydrogens is 201 g/mol. The van der Waals surface area contributed by atoms with Gasteiger partial charge in [0.25, 0.3) is 0 Å². The number of carboxylic acids is 1. The summed E-state index contributed by atoms with van der Waals surface area (Å²) in [5.41, 5.74) is 0. The predicted octanol–water partition coefficient (Wildman–Crippen LogP) is 1.24. The molecule has 72 valence electrons. The van der Waals surface area contributed by atoms with Gasteiger partial charge in [0.2, 0.25) is 0 Å². The van der Waals surface area contributed by atoms with Crippen LogP contribution in [0.15, 0.2) is 0 Å². The molecule has 0 aliphatic carbocycles. The van der Waals surface area contributed by atoms with Crippen molar-refractivity contribution >= 4 is 29.2 Å². The van der Waals surface area contributed by atoms with Crippen LogP contribution in [0.3, 0.4) is 0 Å². The van der Waals surface area contributed by atoms with E-state index >= 15 is 0 Å². The van der Waals surface area contributed by atoms with Crippen LogP contribution in [0.2, 0.25) is 0 Å². The Morgan fingerprint density at radius 1 is 1.17 bits per heavy atom. The summed E-state index contributed by atoms with van der Waals surface area (Å²) >= 11 is 11.0. The van der Waals surface area contributed by atoms with E-state index in [1.54, 1.807) is 0 Å². The van der Waals surface area contributed by atoms with Crippen LogP contribution in [0.4, 0.5) is 0 Å². The van der Waals surface area contributed by atoms with E-state index in [0.29, 0.717) is 31.4 Å². The molecule has 12 heavy (non-hydrogen) atoms. The quantitative estimate of drug-likeness (QED) is 0.648. The molecule has 0 aromatic heterocycles. The van der Waals surface area contributed by atoms with Gasteiger partial charge >= 0.3 is 5.97 Å². The molecule has 0 saturated carbocycles. The molecule has 0 unspecified atom stereocenters. The highest BCUT2D eigenvalue weighted by molar-refractivity contribution is 6.18. The topological polar surface area (TPSA) is 40.5 Å². The molecule has 0 rings (SSSR count). The average Bonchev–Trinajstić information content (AvgIpc) is 2.01. The minimum absolute atomic E-state index is 0.147. The summed E-state index contributed by atoms with van der Waals surface area (Å²) in [5, 5.41) is 8.41. The number of halogens is 2. The summed E-state index contributed by atoms with van der Waals surface area (Å²) in [4.78, 5) is 12.2. The van der Waals surface area contributed by atoms with Gasteiger partial charge in [-0.15, -0.1) is 23.2 Å². The number of carboxylic acid groups (broad SMARTS) is 1. The monoisotopic (exact) mass is 213 g/mol. The van der Waals surface area contributed by atoms with Gasteiger partial charge in [0.05, 0.1) is 6.42 Å². The fraction of sp³-hybridized carbons (Fsp3) is 0.857. The Balaban J connectivity index is 3.54. The molecule has 0 aliphatic heterocycles. The Morgan fingerprint density at radius 2 is 1.67 bits per heavy atom. The standard InChI is InChI=1S/C7H13Cl2NO2/c8-2-5-10(6-3-9)4-1-7(11)12/h1-6H2,(H,11,12). The number of nitrogens with zero attached hydrogens (tertiary/aromatic N) is 1. The first-order valence-electron chi connectivity index (χ1n) is 3.76. The number of alkyl halides is 2. The van der Waals surface area contributed by atoms with E-state index in [0.717, 1.165) is 0 Å². The third-order valence-corrected chi connectivity index (χ3v) is 1.78. The lowest BCUT2D eigenvalue weighted by Crippen LogP contribution is -2.30. The number of hydrogen-bond donors (Lipinski definition) is 1. The van der Waals surface area contributed by atoms with Crippen LogP contribution >= 0.6 is 23.2 Å². The van der Waals surface area contributed by atoms with Gasteiger partial charge in [0.1, 0.15) is 0 Å². The van der Waals surface area contributed by atoms with Crippen LogP contribution in [0.25, 0.3) is 0 Å². The van der Waals surface area contributed by atoms with Crippen molar-refractivity contribution in [1.82, 2.24) is 4.90 Å². The van der Waals surface area contributed by atoms with Gasteiger partial charge in [0, 0.05) is 31.4 Å². The smallest absolute Gasteiger partial charge is 0.304 e. The van der Waals surface area contributed by atoms with E-state index in [9.17, 15) is 4.79 Å². The van der Waals surface area contributed by atoms with E-state index in [4.69, 9.17) is 28.3 Å². The van der Waals surface area contributed by atoms with Gasteiger partial charge in [-0.3, -0.25) is 4.79 Å². The molecule has 0 heterocycles. The van der Waals surface area contributed by atoms with Crippen molar-refractivity contribution in [3.63, 3.8) is 0 Å². The van der Waals surface area contributed by atoms with Gasteiger partial charge in [-0.25, -0.2) is 0 Å². The molecule has 0 radical (unpaired) electrons. The number of carbonyl (C=O) groups is 1. The molecule has 0 amide bonds. The molecule has 0 bridgehead atoms. The van der Waals surface area contributed by atoms with Gasteiger partial charge in [0.15, 0.2) is 0 Å². The van der Waals surface area contributed by atoms with Crippen molar-refractivity contribution in [3.8, 4) is 0 Å². The SMILES string of the molecule is O=C(O)CCN(CCCl)CCCl. The minimum Gasteiger partial charge on any atom is -0.481 e. The zero-order valence-corrected chi connectivity index (χ0v) is 8.31. The molecule has 5 heteroatoms. The Kier molecular flexibility index (Phi) is 7.65. The highest BCUT2D eigenvalue weighted by Gasteiger charge is 2.05. The maximum atomic E-state index is 10.2. The molecule has 0 aromatic rings. The third kappa shape index (κ3) is 6.70. The summed E-state index contributed by atoms with van der Waals surface area (Å²) in [5.74, 6) is 0.233. The fourth-order valence-electron chi connectivity index (χ4n) is 0.828. The van der Waals surface area contributed by atoms with Crippen LogP contribution in [0, 0.1) is 0 Å². The maximum absolute atomic E-state index is 10.2. The van der Waals surface area contributed by atoms with E-state index in [1.165, 1.54) is 0 Å². The molecular formula is C7H13Cl2NO2. The third-order valence-electron chi connectivity index (χ3n) is 1.44. The Labute approximate surface area is 82.3 Å². The number of hydrogen-bond acceptors (Lipinski definition) is 2. The fourth-order valence-corrected chi connectivity index (χ4v) is 1.31. The molecule has 3 nitrogen and oxygen atoms in total. The van der Waals surface area contributed by atoms with Crippen LogP contribution in [-0.4, -0.2) is 47.4 Å². The highest BCUT2D eigenvalue weighted by Crippen LogP contribution is 1.94. The summed E-state index contributed by atoms with van der Waals surface area (Å²) in [6.07, 6.45) is 0.147. The van der Waals surface area contributed by atoms with Crippen LogP contribution < -0.4 is 0 Å². The van der Waals surface area contributed by atoms with Crippen LogP contribution in [-0.2, 0) is 4.79 Å². The maximum Gasteiger partial charge on any atom is 0.304 e. The second-order valence-corrected chi connectivity index (χ2v) is 3.12. The first kappa shape index (κ1) is 12.0. The number of aliphatic carboxylic acids is 1. The summed E-state index contributed by atoms with van der Waals surface area (Å²) in [6, 6.07) is 0. The zero-order chi connectivity index (χ0) is 9.40. The van der Waals surface area contributed by atoms with E-state index in [-0.39, 0.29) is 6.42 Å². The largest absolute Gasteiger partial charge is 0.481 e. The van der Waals surface area contributed by atoms with E-state index in [1.807, 2.05) is 4.90 Å². The van der Waals surface area contributed by atoms with Crippen molar-refractivity contribution in [1.29, 1.82) is 0 Å². The lowest BCUT2D eigenvalue weighted by Gasteiger charge is -2.18. The lowest BCUT2D eigenvalue weighted by molar-refractivity contribution is -0.137. The van der Waals surface area contributed by atoms with Crippen molar-refractivity contribution in [2.24, 2.45) is 0 Å². The summed E-state index contributed by atoms with van der Waals surface area (Å²) < 4.78 is 0. The summed E-state index contributed by atoms with van der Waals surface area (Å²) in [7, 11) is 0. The number of rotatable bonds is 7. The van der Waals surface area contributed by atoms with Crippen molar-refractivity contribution in [3.05, 3.63) is 0 Å². The molecule has 0 saturated heterocycles. The van der Waals surface area contributed by atoms with Gasteiger partial charge in [-0.1, -0.05) is 0 Å². The molecule has 0 aliphatic rings. The first-order valence-corrected chi connectivity index (χ1v) is 4.83. The minimum atomic E-state index is -0.788. The summed E-state index contributed by atoms with van der Waals surface area (Å²) in [6.45, 7) is 1.91. The van der Waals surface area contributed by atoms with Crippen LogP contribution in [0.5, 0.6) is 0 Å². The average molecular weight is 214 g/mol. The lowest BCUT2D eigenvalue weighted by atomic mass is 10.4. The van der Waals surface area contributed by atoms with Gasteiger partial charge in [-0.05, 0) is 0 Å². The predicted molar refractivity (Wildman–Crippen MR) is 50.1 cm³/mol. The van der Waals surface area contributed by atoms with Crippen molar-refractivity contribution in [2.45, 2.75) is 6.42 Å². The second kappa shape index (κ2) is 7.65. The molecule has 0 atom stereocenters. The molecule has 0 spiro atoms. The van der Waals surface area contributed by atoms with Crippen molar-refractivity contribution < 1.29 is 9.90 Å². The van der Waals surface area contributed by atoms with E-state index < -0.39 is 5.97 Å². The molecule has 0 aromatic carbocycles. The van der Waals surface area contributed by atoms with Crippen molar-refractivity contribution in [2.75, 3.05) is 31.4 Å². The Hall–Kier alpha value is 0.01000. The van der Waals surface area contributed by atoms with Gasteiger partial charge < -0.3 is 10.0 Å². The molecule has 1 N–H and O–H groups in total. The van der Waals surface area contributed by atoms with Crippen LogP contribution in [0.1, 0.15) is 6.42 Å². The Bertz CT molecular complexity index is 127.